The van der Waals surface area contributed by atoms with Crippen molar-refractivity contribution in [3.8, 4) is 0 Å². The third-order valence-corrected chi connectivity index (χ3v) is 3.72. The smallest absolute Gasteiger partial charge is 0.232 e. The van der Waals surface area contributed by atoms with Crippen molar-refractivity contribution >= 4 is 15.7 Å². The summed E-state index contributed by atoms with van der Waals surface area (Å²) in [4.78, 5) is 0. The molecule has 1 aromatic carbocycles. The normalized spacial score (nSPS) is 13.4. The lowest BCUT2D eigenvalue weighted by Crippen LogP contribution is -2.27. The van der Waals surface area contributed by atoms with Gasteiger partial charge in [0.25, 0.3) is 0 Å². The van der Waals surface area contributed by atoms with Gasteiger partial charge in [0, 0.05) is 19.2 Å². The zero-order valence-electron chi connectivity index (χ0n) is 10.2. The minimum atomic E-state index is -3.33. The Morgan fingerprint density at radius 3 is 2.53 bits per heavy atom. The number of para-hydroxylation sites is 1. The van der Waals surface area contributed by atoms with Crippen LogP contribution in [0.3, 0.4) is 0 Å². The predicted molar refractivity (Wildman–Crippen MR) is 68.6 cm³/mol. The van der Waals surface area contributed by atoms with Crippen molar-refractivity contribution in [1.82, 2.24) is 5.32 Å². The highest BCUT2D eigenvalue weighted by atomic mass is 32.2. The van der Waals surface area contributed by atoms with Gasteiger partial charge >= 0.3 is 0 Å². The molecule has 1 atom stereocenters. The van der Waals surface area contributed by atoms with E-state index in [1.165, 1.54) is 11.4 Å². The lowest BCUT2D eigenvalue weighted by molar-refractivity contribution is 0.178. The maximum atomic E-state index is 11.5. The average molecular weight is 258 g/mol. The van der Waals surface area contributed by atoms with Gasteiger partial charge in [0.1, 0.15) is 0 Å². The number of nitrogens with zero attached hydrogens (tertiary/aromatic N) is 1. The number of hydrogen-bond acceptors (Lipinski definition) is 4. The number of likely N-dealkylation sites (N-methyl/N-ethyl adjacent to an activating group) is 1. The summed E-state index contributed by atoms with van der Waals surface area (Å²) in [5, 5.41) is 12.8. The van der Waals surface area contributed by atoms with Gasteiger partial charge in [-0.25, -0.2) is 8.42 Å². The van der Waals surface area contributed by atoms with Gasteiger partial charge in [-0.1, -0.05) is 18.2 Å². The van der Waals surface area contributed by atoms with E-state index in [9.17, 15) is 13.5 Å². The van der Waals surface area contributed by atoms with Crippen LogP contribution in [0, 0.1) is 0 Å². The fraction of sp³-hybridized carbons (Fsp3) is 0.455. The maximum Gasteiger partial charge on any atom is 0.232 e. The molecule has 0 amide bonds. The van der Waals surface area contributed by atoms with Crippen molar-refractivity contribution in [2.75, 3.05) is 31.2 Å². The number of sulfonamides is 1. The SMILES string of the molecule is CNCC(O)c1ccccc1N(C)S(C)(=O)=O. The number of hydrogen-bond donors (Lipinski definition) is 2. The van der Waals surface area contributed by atoms with Gasteiger partial charge in [-0.05, 0) is 13.1 Å². The van der Waals surface area contributed by atoms with Crippen LogP contribution >= 0.6 is 0 Å². The topological polar surface area (TPSA) is 69.6 Å². The van der Waals surface area contributed by atoms with E-state index >= 15 is 0 Å². The molecule has 0 aromatic heterocycles. The Morgan fingerprint density at radius 1 is 1.41 bits per heavy atom. The van der Waals surface area contributed by atoms with Gasteiger partial charge in [0.15, 0.2) is 0 Å². The Bertz CT molecular complexity index is 473. The Balaban J connectivity index is 3.16. The van der Waals surface area contributed by atoms with E-state index in [0.717, 1.165) is 6.26 Å². The molecule has 2 N–H and O–H groups in total. The molecule has 17 heavy (non-hydrogen) atoms. The monoisotopic (exact) mass is 258 g/mol. The third kappa shape index (κ3) is 3.42. The molecule has 0 aliphatic carbocycles. The Hall–Kier alpha value is -1.11. The van der Waals surface area contributed by atoms with Crippen molar-refractivity contribution in [1.29, 1.82) is 0 Å². The molecule has 1 rings (SSSR count). The molecule has 0 saturated carbocycles. The van der Waals surface area contributed by atoms with Gasteiger partial charge in [0.2, 0.25) is 10.0 Å². The third-order valence-electron chi connectivity index (χ3n) is 2.53. The minimum Gasteiger partial charge on any atom is -0.387 e. The van der Waals surface area contributed by atoms with E-state index in [-0.39, 0.29) is 0 Å². The first-order valence-electron chi connectivity index (χ1n) is 5.23. The number of rotatable bonds is 5. The molecule has 1 aromatic rings. The number of nitrogens with one attached hydrogen (secondary N) is 1. The van der Waals surface area contributed by atoms with E-state index in [1.807, 2.05) is 0 Å². The summed E-state index contributed by atoms with van der Waals surface area (Å²) in [5.74, 6) is 0. The zero-order valence-corrected chi connectivity index (χ0v) is 11.0. The van der Waals surface area contributed by atoms with Crippen LogP contribution in [-0.4, -0.2) is 40.4 Å². The molecule has 0 radical (unpaired) electrons. The molecule has 0 spiro atoms. The summed E-state index contributed by atoms with van der Waals surface area (Å²) in [6.07, 6.45) is 0.397. The highest BCUT2D eigenvalue weighted by molar-refractivity contribution is 7.92. The predicted octanol–water partition coefficient (Wildman–Crippen LogP) is 0.335. The fourth-order valence-electron chi connectivity index (χ4n) is 1.54. The Labute approximate surface area is 102 Å². The summed E-state index contributed by atoms with van der Waals surface area (Å²) in [5.41, 5.74) is 1.09. The Morgan fingerprint density at radius 2 is 2.00 bits per heavy atom. The molecular weight excluding hydrogens is 240 g/mol. The first-order chi connectivity index (χ1) is 7.88. The maximum absolute atomic E-state index is 11.5. The van der Waals surface area contributed by atoms with Gasteiger partial charge in [0.05, 0.1) is 18.0 Å². The first kappa shape index (κ1) is 14.0. The standard InChI is InChI=1S/C11H18N2O3S/c1-12-8-11(14)9-6-4-5-7-10(9)13(2)17(3,15)16/h4-7,11-12,14H,8H2,1-3H3. The van der Waals surface area contributed by atoms with Crippen molar-refractivity contribution in [2.24, 2.45) is 0 Å². The van der Waals surface area contributed by atoms with Crippen LogP contribution in [0.25, 0.3) is 0 Å². The van der Waals surface area contributed by atoms with Gasteiger partial charge < -0.3 is 10.4 Å². The fourth-order valence-corrected chi connectivity index (χ4v) is 2.06. The summed E-state index contributed by atoms with van der Waals surface area (Å²) in [7, 11) is -0.124. The van der Waals surface area contributed by atoms with Crippen molar-refractivity contribution in [3.63, 3.8) is 0 Å². The van der Waals surface area contributed by atoms with Gasteiger partial charge in [-0.3, -0.25) is 4.31 Å². The van der Waals surface area contributed by atoms with Gasteiger partial charge in [-0.2, -0.15) is 0 Å². The zero-order chi connectivity index (χ0) is 13.1. The Kier molecular flexibility index (Phi) is 4.50. The molecule has 1 unspecified atom stereocenters. The largest absolute Gasteiger partial charge is 0.387 e. The molecule has 0 saturated heterocycles. The van der Waals surface area contributed by atoms with E-state index in [2.05, 4.69) is 5.32 Å². The highest BCUT2D eigenvalue weighted by Crippen LogP contribution is 2.26. The van der Waals surface area contributed by atoms with Crippen LogP contribution < -0.4 is 9.62 Å². The van der Waals surface area contributed by atoms with E-state index in [1.54, 1.807) is 31.3 Å². The van der Waals surface area contributed by atoms with Crippen LogP contribution in [0.1, 0.15) is 11.7 Å². The molecule has 0 aliphatic rings. The molecule has 96 valence electrons. The quantitative estimate of drug-likeness (QED) is 0.799. The number of benzene rings is 1. The van der Waals surface area contributed by atoms with Crippen LogP contribution in [0.2, 0.25) is 0 Å². The number of aliphatic hydroxyl groups is 1. The summed E-state index contributed by atoms with van der Waals surface area (Å²) in [6, 6.07) is 6.91. The van der Waals surface area contributed by atoms with Crippen LogP contribution in [-0.2, 0) is 10.0 Å². The lowest BCUT2D eigenvalue weighted by Gasteiger charge is -2.22. The molecule has 5 nitrogen and oxygen atoms in total. The number of anilines is 1. The molecular formula is C11H18N2O3S. The molecule has 0 fully saturated rings. The van der Waals surface area contributed by atoms with Crippen molar-refractivity contribution < 1.29 is 13.5 Å². The minimum absolute atomic E-state index is 0.370. The average Bonchev–Trinajstić information content (AvgIpc) is 2.27. The first-order valence-corrected chi connectivity index (χ1v) is 7.08. The summed E-state index contributed by atoms with van der Waals surface area (Å²) in [6.45, 7) is 0.370. The van der Waals surface area contributed by atoms with E-state index in [4.69, 9.17) is 0 Å². The highest BCUT2D eigenvalue weighted by Gasteiger charge is 2.18. The summed E-state index contributed by atoms with van der Waals surface area (Å²) >= 11 is 0. The lowest BCUT2D eigenvalue weighted by atomic mass is 10.1. The molecule has 0 heterocycles. The molecule has 0 aliphatic heterocycles. The van der Waals surface area contributed by atoms with Crippen LogP contribution in [0.5, 0.6) is 0 Å². The second kappa shape index (κ2) is 5.48. The van der Waals surface area contributed by atoms with Crippen LogP contribution in [0.15, 0.2) is 24.3 Å². The van der Waals surface area contributed by atoms with Crippen molar-refractivity contribution in [2.45, 2.75) is 6.10 Å². The van der Waals surface area contributed by atoms with Gasteiger partial charge in [-0.15, -0.1) is 0 Å². The molecule has 0 bridgehead atoms. The second-order valence-electron chi connectivity index (χ2n) is 3.86. The summed E-state index contributed by atoms with van der Waals surface area (Å²) < 4.78 is 24.2. The number of aliphatic hydroxyl groups excluding tert-OH is 1. The van der Waals surface area contributed by atoms with E-state index in [0.29, 0.717) is 17.8 Å². The van der Waals surface area contributed by atoms with E-state index < -0.39 is 16.1 Å². The molecule has 6 heteroatoms. The van der Waals surface area contributed by atoms with Crippen molar-refractivity contribution in [3.05, 3.63) is 29.8 Å². The second-order valence-corrected chi connectivity index (χ2v) is 5.88. The van der Waals surface area contributed by atoms with Crippen LogP contribution in [0.4, 0.5) is 5.69 Å².